The van der Waals surface area contributed by atoms with Crippen molar-refractivity contribution in [2.45, 2.75) is 19.3 Å². The van der Waals surface area contributed by atoms with Gasteiger partial charge in [0.1, 0.15) is 10.0 Å². The summed E-state index contributed by atoms with van der Waals surface area (Å²) in [6.07, 6.45) is 2.80. The zero-order valence-corrected chi connectivity index (χ0v) is 12.9. The van der Waals surface area contributed by atoms with Gasteiger partial charge in [0.05, 0.1) is 10.0 Å². The Hall–Kier alpha value is -0.680. The molecular formula is C13H15Cl2N3S. The van der Waals surface area contributed by atoms with Crippen molar-refractivity contribution in [3.8, 4) is 0 Å². The molecule has 2 aromatic rings. The maximum atomic E-state index is 6.00. The number of rotatable bonds is 6. The lowest BCUT2D eigenvalue weighted by molar-refractivity contribution is 0.717. The highest BCUT2D eigenvalue weighted by Crippen LogP contribution is 2.24. The van der Waals surface area contributed by atoms with Crippen LogP contribution < -0.4 is 5.32 Å². The standard InChI is InChI=1S/C13H15Cl2N3S/c1-16-6-2-3-12-17-18-13(19-12)8-9-4-5-10(14)11(15)7-9/h4-5,7,16H,2-3,6,8H2,1H3. The summed E-state index contributed by atoms with van der Waals surface area (Å²) in [5.41, 5.74) is 1.10. The molecule has 0 aliphatic rings. The van der Waals surface area contributed by atoms with Gasteiger partial charge in [0.15, 0.2) is 0 Å². The van der Waals surface area contributed by atoms with E-state index in [4.69, 9.17) is 23.2 Å². The minimum atomic E-state index is 0.579. The van der Waals surface area contributed by atoms with E-state index in [-0.39, 0.29) is 0 Å². The summed E-state index contributed by atoms with van der Waals surface area (Å²) < 4.78 is 0. The largest absolute Gasteiger partial charge is 0.320 e. The second-order valence-corrected chi connectivity index (χ2v) is 6.18. The molecule has 0 aliphatic heterocycles. The molecule has 1 N–H and O–H groups in total. The Morgan fingerprint density at radius 1 is 1.16 bits per heavy atom. The van der Waals surface area contributed by atoms with Crippen molar-refractivity contribution in [1.29, 1.82) is 0 Å². The molecule has 2 rings (SSSR count). The molecule has 102 valence electrons. The van der Waals surface area contributed by atoms with Crippen LogP contribution in [-0.4, -0.2) is 23.8 Å². The molecule has 0 unspecified atom stereocenters. The first-order valence-corrected chi connectivity index (χ1v) is 7.66. The summed E-state index contributed by atoms with van der Waals surface area (Å²) >= 11 is 13.6. The van der Waals surface area contributed by atoms with Gasteiger partial charge >= 0.3 is 0 Å². The quantitative estimate of drug-likeness (QED) is 0.828. The molecule has 0 atom stereocenters. The maximum absolute atomic E-state index is 6.00. The Morgan fingerprint density at radius 2 is 1.95 bits per heavy atom. The van der Waals surface area contributed by atoms with Crippen LogP contribution in [0.25, 0.3) is 0 Å². The van der Waals surface area contributed by atoms with E-state index in [1.165, 1.54) is 0 Å². The number of halogens is 2. The molecule has 0 spiro atoms. The van der Waals surface area contributed by atoms with Gasteiger partial charge in [-0.25, -0.2) is 0 Å². The first-order valence-electron chi connectivity index (χ1n) is 6.09. The molecule has 0 aliphatic carbocycles. The normalized spacial score (nSPS) is 10.9. The number of aromatic nitrogens is 2. The molecule has 0 saturated carbocycles. The highest BCUT2D eigenvalue weighted by molar-refractivity contribution is 7.11. The van der Waals surface area contributed by atoms with Gasteiger partial charge in [0.2, 0.25) is 0 Å². The van der Waals surface area contributed by atoms with Crippen molar-refractivity contribution in [2.24, 2.45) is 0 Å². The third-order valence-electron chi connectivity index (χ3n) is 2.67. The number of nitrogens with one attached hydrogen (secondary N) is 1. The number of nitrogens with zero attached hydrogens (tertiary/aromatic N) is 2. The SMILES string of the molecule is CNCCCc1nnc(Cc2ccc(Cl)c(Cl)c2)s1. The number of aryl methyl sites for hydroxylation is 1. The van der Waals surface area contributed by atoms with E-state index in [0.717, 1.165) is 41.4 Å². The van der Waals surface area contributed by atoms with Gasteiger partial charge in [-0.1, -0.05) is 29.3 Å². The first-order chi connectivity index (χ1) is 9.19. The molecule has 0 bridgehead atoms. The van der Waals surface area contributed by atoms with Crippen molar-refractivity contribution in [1.82, 2.24) is 15.5 Å². The van der Waals surface area contributed by atoms with Crippen LogP contribution in [0.3, 0.4) is 0 Å². The lowest BCUT2D eigenvalue weighted by Crippen LogP contribution is -2.08. The third-order valence-corrected chi connectivity index (χ3v) is 4.39. The van der Waals surface area contributed by atoms with Gasteiger partial charge in [-0.05, 0) is 37.7 Å². The molecule has 19 heavy (non-hydrogen) atoms. The lowest BCUT2D eigenvalue weighted by atomic mass is 10.2. The summed E-state index contributed by atoms with van der Waals surface area (Å²) in [5.74, 6) is 0. The van der Waals surface area contributed by atoms with Gasteiger partial charge in [-0.15, -0.1) is 21.5 Å². The smallest absolute Gasteiger partial charge is 0.121 e. The molecule has 1 aromatic carbocycles. The second-order valence-electron chi connectivity index (χ2n) is 4.22. The fraction of sp³-hybridized carbons (Fsp3) is 0.385. The van der Waals surface area contributed by atoms with Gasteiger partial charge in [0.25, 0.3) is 0 Å². The zero-order chi connectivity index (χ0) is 13.7. The predicted molar refractivity (Wildman–Crippen MR) is 81.4 cm³/mol. The lowest BCUT2D eigenvalue weighted by Gasteiger charge is -2.00. The third kappa shape index (κ3) is 4.42. The molecular weight excluding hydrogens is 301 g/mol. The average Bonchev–Trinajstić information content (AvgIpc) is 2.82. The van der Waals surface area contributed by atoms with Crippen molar-refractivity contribution in [3.05, 3.63) is 43.8 Å². The van der Waals surface area contributed by atoms with Gasteiger partial charge in [0, 0.05) is 12.8 Å². The fourth-order valence-electron chi connectivity index (χ4n) is 1.70. The summed E-state index contributed by atoms with van der Waals surface area (Å²) in [4.78, 5) is 0. The average molecular weight is 316 g/mol. The first kappa shape index (κ1) is 14.7. The summed E-state index contributed by atoms with van der Waals surface area (Å²) in [5, 5.41) is 14.8. The van der Waals surface area contributed by atoms with E-state index in [9.17, 15) is 0 Å². The summed E-state index contributed by atoms with van der Waals surface area (Å²) in [6, 6.07) is 5.66. The fourth-order valence-corrected chi connectivity index (χ4v) is 2.94. The molecule has 1 aromatic heterocycles. The van der Waals surface area contributed by atoms with Crippen LogP contribution in [0.4, 0.5) is 0 Å². The van der Waals surface area contributed by atoms with E-state index in [1.807, 2.05) is 25.2 Å². The maximum Gasteiger partial charge on any atom is 0.121 e. The second kappa shape index (κ2) is 7.20. The number of hydrogen-bond donors (Lipinski definition) is 1. The van der Waals surface area contributed by atoms with E-state index >= 15 is 0 Å². The van der Waals surface area contributed by atoms with Crippen LogP contribution in [0.1, 0.15) is 22.0 Å². The van der Waals surface area contributed by atoms with Gasteiger partial charge in [-0.3, -0.25) is 0 Å². The molecule has 0 fully saturated rings. The van der Waals surface area contributed by atoms with Gasteiger partial charge < -0.3 is 5.32 Å². The number of benzene rings is 1. The minimum absolute atomic E-state index is 0.579. The highest BCUT2D eigenvalue weighted by atomic mass is 35.5. The Bertz CT molecular complexity index is 542. The van der Waals surface area contributed by atoms with Crippen molar-refractivity contribution in [3.63, 3.8) is 0 Å². The Kier molecular flexibility index (Phi) is 5.58. The van der Waals surface area contributed by atoms with E-state index in [1.54, 1.807) is 11.3 Å². The monoisotopic (exact) mass is 315 g/mol. The predicted octanol–water partition coefficient (Wildman–Crippen LogP) is 3.59. The Morgan fingerprint density at radius 3 is 2.68 bits per heavy atom. The van der Waals surface area contributed by atoms with Crippen LogP contribution in [-0.2, 0) is 12.8 Å². The van der Waals surface area contributed by atoms with Crippen LogP contribution >= 0.6 is 34.5 Å². The van der Waals surface area contributed by atoms with Crippen LogP contribution in [0.2, 0.25) is 10.0 Å². The van der Waals surface area contributed by atoms with E-state index in [2.05, 4.69) is 15.5 Å². The van der Waals surface area contributed by atoms with Crippen molar-refractivity contribution in [2.75, 3.05) is 13.6 Å². The van der Waals surface area contributed by atoms with Crippen molar-refractivity contribution >= 4 is 34.5 Å². The number of hydrogen-bond acceptors (Lipinski definition) is 4. The minimum Gasteiger partial charge on any atom is -0.320 e. The van der Waals surface area contributed by atoms with Crippen molar-refractivity contribution < 1.29 is 0 Å². The molecule has 0 saturated heterocycles. The van der Waals surface area contributed by atoms with Gasteiger partial charge in [-0.2, -0.15) is 0 Å². The van der Waals surface area contributed by atoms with Crippen LogP contribution in [0.15, 0.2) is 18.2 Å². The summed E-state index contributed by atoms with van der Waals surface area (Å²) in [7, 11) is 1.95. The zero-order valence-electron chi connectivity index (χ0n) is 10.6. The Balaban J connectivity index is 1.97. The highest BCUT2D eigenvalue weighted by Gasteiger charge is 2.06. The van der Waals surface area contributed by atoms with E-state index in [0.29, 0.717) is 10.0 Å². The summed E-state index contributed by atoms with van der Waals surface area (Å²) in [6.45, 7) is 1.00. The molecule has 0 amide bonds. The Labute approximate surface area is 127 Å². The molecule has 6 heteroatoms. The topological polar surface area (TPSA) is 37.8 Å². The molecule has 0 radical (unpaired) electrons. The van der Waals surface area contributed by atoms with Crippen LogP contribution in [0, 0.1) is 0 Å². The molecule has 1 heterocycles. The molecule has 3 nitrogen and oxygen atoms in total. The van der Waals surface area contributed by atoms with E-state index < -0.39 is 0 Å². The van der Waals surface area contributed by atoms with Crippen LogP contribution in [0.5, 0.6) is 0 Å².